The number of para-hydroxylation sites is 1. The van der Waals surface area contributed by atoms with Gasteiger partial charge in [-0.3, -0.25) is 19.3 Å². The number of hydrogen-bond donors (Lipinski definition) is 4. The highest BCUT2D eigenvalue weighted by molar-refractivity contribution is 7.85. The number of rotatable bonds is 14. The SMILES string of the molecule is Cc1c(-c2ccc(-c3ccc4cccc(C(=O)Nc5nc6ccccc6s5)c4c3)nc2C(=O)O)cnn1CC12CC3(C)CC(C)(C1)CC(OCCNCCS(=O)(=O)O)(C3)C2. The van der Waals surface area contributed by atoms with E-state index >= 15 is 0 Å². The van der Waals surface area contributed by atoms with E-state index in [1.807, 2.05) is 72.3 Å². The van der Waals surface area contributed by atoms with E-state index in [1.54, 1.807) is 18.3 Å². The molecule has 13 nitrogen and oxygen atoms in total. The van der Waals surface area contributed by atoms with E-state index < -0.39 is 16.1 Å². The van der Waals surface area contributed by atoms with Gasteiger partial charge in [-0.1, -0.05) is 61.6 Å². The summed E-state index contributed by atoms with van der Waals surface area (Å²) in [7, 11) is -4.02. The van der Waals surface area contributed by atoms with E-state index in [0.29, 0.717) is 58.2 Å². The first-order valence-corrected chi connectivity index (χ1v) is 22.7. The van der Waals surface area contributed by atoms with Crippen molar-refractivity contribution in [3.05, 3.63) is 95.9 Å². The van der Waals surface area contributed by atoms with Gasteiger partial charge in [-0.2, -0.15) is 13.5 Å². The number of carboxylic acid groups (broad SMARTS) is 1. The number of nitrogens with one attached hydrogen (secondary N) is 2. The molecule has 10 rings (SSSR count). The summed E-state index contributed by atoms with van der Waals surface area (Å²) in [6.45, 7) is 8.52. The molecule has 60 heavy (non-hydrogen) atoms. The van der Waals surface area contributed by atoms with Crippen LogP contribution in [0.2, 0.25) is 0 Å². The zero-order chi connectivity index (χ0) is 42.1. The second-order valence-electron chi connectivity index (χ2n) is 18.1. The lowest BCUT2D eigenvalue weighted by atomic mass is 9.39. The van der Waals surface area contributed by atoms with Gasteiger partial charge in [-0.15, -0.1) is 0 Å². The topological polar surface area (TPSA) is 186 Å². The Kier molecular flexibility index (Phi) is 9.98. The van der Waals surface area contributed by atoms with Crippen LogP contribution in [0.5, 0.6) is 0 Å². The van der Waals surface area contributed by atoms with Crippen LogP contribution < -0.4 is 10.6 Å². The lowest BCUT2D eigenvalue weighted by Gasteiger charge is -2.69. The average molecular weight is 849 g/mol. The minimum absolute atomic E-state index is 0.0668. The van der Waals surface area contributed by atoms with Crippen molar-refractivity contribution < 1.29 is 32.4 Å². The number of pyridine rings is 1. The zero-order valence-corrected chi connectivity index (χ0v) is 35.5. The third-order valence-corrected chi connectivity index (χ3v) is 14.5. The number of carbonyl (C=O) groups excluding carboxylic acids is 1. The van der Waals surface area contributed by atoms with Crippen molar-refractivity contribution in [3.63, 3.8) is 0 Å². The smallest absolute Gasteiger partial charge is 0.355 e. The Balaban J connectivity index is 0.959. The van der Waals surface area contributed by atoms with E-state index in [4.69, 9.17) is 19.4 Å². The van der Waals surface area contributed by atoms with Gasteiger partial charge in [0, 0.05) is 47.6 Å². The van der Waals surface area contributed by atoms with Gasteiger partial charge >= 0.3 is 5.97 Å². The molecule has 4 aliphatic carbocycles. The number of carboxylic acids is 1. The van der Waals surface area contributed by atoms with Crippen molar-refractivity contribution in [1.29, 1.82) is 0 Å². The van der Waals surface area contributed by atoms with Crippen molar-refractivity contribution in [1.82, 2.24) is 25.1 Å². The number of nitrogens with zero attached hydrogens (tertiary/aromatic N) is 4. The highest BCUT2D eigenvalue weighted by Gasteiger charge is 2.66. The Bertz CT molecular complexity index is 2750. The van der Waals surface area contributed by atoms with Gasteiger partial charge in [-0.25, -0.2) is 14.8 Å². The number of benzene rings is 3. The van der Waals surface area contributed by atoms with Crippen LogP contribution in [0.3, 0.4) is 0 Å². The minimum Gasteiger partial charge on any atom is -0.476 e. The monoisotopic (exact) mass is 848 g/mol. The molecule has 4 N–H and O–H groups in total. The molecule has 3 aromatic carbocycles. The maximum absolute atomic E-state index is 13.6. The van der Waals surface area contributed by atoms with Crippen LogP contribution in [0.1, 0.15) is 78.9 Å². The molecule has 4 aliphatic rings. The molecule has 3 aromatic heterocycles. The van der Waals surface area contributed by atoms with Gasteiger partial charge in [0.1, 0.15) is 0 Å². The zero-order valence-electron chi connectivity index (χ0n) is 33.8. The molecule has 2 unspecified atom stereocenters. The lowest BCUT2D eigenvalue weighted by molar-refractivity contribution is -0.247. The largest absolute Gasteiger partial charge is 0.476 e. The molecule has 0 saturated heterocycles. The molecule has 0 aliphatic heterocycles. The van der Waals surface area contributed by atoms with E-state index in [9.17, 15) is 23.1 Å². The molecular weight excluding hydrogens is 801 g/mol. The van der Waals surface area contributed by atoms with Gasteiger partial charge in [0.2, 0.25) is 0 Å². The first-order chi connectivity index (χ1) is 28.5. The van der Waals surface area contributed by atoms with Crippen molar-refractivity contribution in [2.45, 2.75) is 71.4 Å². The maximum atomic E-state index is 13.6. The quantitative estimate of drug-likeness (QED) is 0.0611. The molecule has 0 radical (unpaired) electrons. The van der Waals surface area contributed by atoms with Crippen LogP contribution in [0.15, 0.2) is 79.0 Å². The van der Waals surface area contributed by atoms with E-state index in [1.165, 1.54) is 11.3 Å². The molecule has 2 atom stereocenters. The number of hydrogen-bond acceptors (Lipinski definition) is 10. The fourth-order valence-corrected chi connectivity index (χ4v) is 13.0. The molecule has 1 amide bonds. The van der Waals surface area contributed by atoms with E-state index in [2.05, 4.69) is 29.5 Å². The van der Waals surface area contributed by atoms with E-state index in [-0.39, 0.29) is 45.7 Å². The Morgan fingerprint density at radius 1 is 0.900 bits per heavy atom. The van der Waals surface area contributed by atoms with Crippen LogP contribution in [-0.4, -0.2) is 80.8 Å². The first kappa shape index (κ1) is 40.4. The molecule has 15 heteroatoms. The number of ether oxygens (including phenoxy) is 1. The number of amides is 1. The Morgan fingerprint density at radius 3 is 2.43 bits per heavy atom. The maximum Gasteiger partial charge on any atom is 0.355 e. The van der Waals surface area contributed by atoms with Crippen LogP contribution in [0, 0.1) is 23.2 Å². The van der Waals surface area contributed by atoms with Crippen LogP contribution in [0.4, 0.5) is 5.13 Å². The molecule has 4 bridgehead atoms. The number of aromatic carboxylic acids is 1. The van der Waals surface area contributed by atoms with Crippen molar-refractivity contribution in [3.8, 4) is 22.4 Å². The Labute approximate surface area is 352 Å². The third kappa shape index (κ3) is 7.84. The summed E-state index contributed by atoms with van der Waals surface area (Å²) in [5, 5.41) is 23.5. The summed E-state index contributed by atoms with van der Waals surface area (Å²) in [4.78, 5) is 35.7. The van der Waals surface area contributed by atoms with Crippen molar-refractivity contribution in [2.24, 2.45) is 16.2 Å². The predicted molar refractivity (Wildman–Crippen MR) is 232 cm³/mol. The number of anilines is 1. The fraction of sp³-hybridized carbons (Fsp3) is 0.400. The van der Waals surface area contributed by atoms with Gasteiger partial charge in [0.15, 0.2) is 10.8 Å². The van der Waals surface area contributed by atoms with Gasteiger partial charge in [0.25, 0.3) is 16.0 Å². The van der Waals surface area contributed by atoms with Crippen molar-refractivity contribution >= 4 is 59.5 Å². The summed E-state index contributed by atoms with van der Waals surface area (Å²) in [5.41, 5.74) is 4.26. The summed E-state index contributed by atoms with van der Waals surface area (Å²) in [6, 6.07) is 22.6. The molecule has 6 aromatic rings. The second-order valence-corrected chi connectivity index (χ2v) is 20.7. The molecule has 312 valence electrons. The highest BCUT2D eigenvalue weighted by Crippen LogP contribution is 2.72. The molecule has 3 heterocycles. The molecule has 4 fully saturated rings. The number of carbonyl (C=O) groups is 2. The molecule has 0 spiro atoms. The normalized spacial score (nSPS) is 24.7. The second kappa shape index (κ2) is 14.8. The fourth-order valence-electron chi connectivity index (χ4n) is 11.7. The molecule has 4 saturated carbocycles. The lowest BCUT2D eigenvalue weighted by Crippen LogP contribution is -2.64. The standard InChI is InChI=1S/C45H48N6O7S2/c1-28-34(20-47-51(28)27-44-22-42(2)21-43(3,23-44)25-45(24-42,26-44)58-17-15-46-16-18-60(55,56)57)31-13-14-35(48-38(31)40(53)54)30-12-11-29-7-6-8-32(33(29)19-30)39(52)50-41-49-36-9-4-5-10-37(36)59-41/h4-14,19-20,46H,15-18,21-27H2,1-3H3,(H,53,54)(H,49,50,52)(H,55,56,57). The average Bonchev–Trinajstić information content (AvgIpc) is 3.75. The van der Waals surface area contributed by atoms with Crippen LogP contribution in [0.25, 0.3) is 43.4 Å². The van der Waals surface area contributed by atoms with Crippen LogP contribution in [-0.2, 0) is 21.4 Å². The minimum atomic E-state index is -4.02. The summed E-state index contributed by atoms with van der Waals surface area (Å²) >= 11 is 1.41. The predicted octanol–water partition coefficient (Wildman–Crippen LogP) is 8.25. The van der Waals surface area contributed by atoms with Gasteiger partial charge in [-0.05, 0) is 109 Å². The number of thiazole rings is 1. The number of aromatic nitrogens is 4. The summed E-state index contributed by atoms with van der Waals surface area (Å²) < 4.78 is 41.1. The number of fused-ring (bicyclic) bond motifs is 2. The van der Waals surface area contributed by atoms with Gasteiger partial charge in [0.05, 0.1) is 40.1 Å². The summed E-state index contributed by atoms with van der Waals surface area (Å²) in [6.07, 6.45) is 7.82. The molecular formula is C45H48N6O7S2. The summed E-state index contributed by atoms with van der Waals surface area (Å²) in [5.74, 6) is -1.78. The van der Waals surface area contributed by atoms with Crippen molar-refractivity contribution in [2.75, 3.05) is 30.8 Å². The third-order valence-electron chi connectivity index (χ3n) is 12.8. The highest BCUT2D eigenvalue weighted by atomic mass is 32.2. The van der Waals surface area contributed by atoms with E-state index in [0.717, 1.165) is 59.8 Å². The van der Waals surface area contributed by atoms with Crippen LogP contribution >= 0.6 is 11.3 Å². The van der Waals surface area contributed by atoms with Gasteiger partial charge < -0.3 is 15.2 Å². The Hall–Kier alpha value is -5.06. The first-order valence-electron chi connectivity index (χ1n) is 20.3. The Morgan fingerprint density at radius 2 is 1.68 bits per heavy atom.